The Hall–Kier alpha value is -1.11. The lowest BCUT2D eigenvalue weighted by atomic mass is 10.1. The van der Waals surface area contributed by atoms with Crippen LogP contribution in [0.2, 0.25) is 0 Å². The number of rotatable bonds is 1. The number of allylic oxidation sites excluding steroid dienone is 6. The molecule has 0 aromatic rings. The van der Waals surface area contributed by atoms with Crippen molar-refractivity contribution >= 4 is 6.21 Å². The highest BCUT2D eigenvalue weighted by Crippen LogP contribution is 2.08. The third kappa shape index (κ3) is 2.02. The molecule has 0 spiro atoms. The average molecular weight is 133 g/mol. The smallest absolute Gasteiger partial charge is 0.0277 e. The Morgan fingerprint density at radius 1 is 1.50 bits per heavy atom. The Morgan fingerprint density at radius 3 is 3.00 bits per heavy atom. The first-order chi connectivity index (χ1) is 4.93. The standard InChI is InChI=1S/C9H11N/c1-10-8-7-9-5-3-2-4-6-9/h2-5,7-8H,6H2,1H3/b9-7-,10-8+. The molecule has 0 bridgehead atoms. The summed E-state index contributed by atoms with van der Waals surface area (Å²) in [5, 5.41) is 0. The van der Waals surface area contributed by atoms with E-state index in [0.29, 0.717) is 0 Å². The molecular formula is C9H11N. The molecule has 0 aliphatic heterocycles. The number of hydrogen-bond acceptors (Lipinski definition) is 1. The van der Waals surface area contributed by atoms with Gasteiger partial charge in [0, 0.05) is 13.3 Å². The summed E-state index contributed by atoms with van der Waals surface area (Å²) < 4.78 is 0. The second kappa shape index (κ2) is 3.83. The minimum atomic E-state index is 1.03. The Kier molecular flexibility index (Phi) is 2.68. The SMILES string of the molecule is C/N=C/C=C1/C=CC=CC1. The van der Waals surface area contributed by atoms with Crippen LogP contribution in [0.15, 0.2) is 40.9 Å². The van der Waals surface area contributed by atoms with Gasteiger partial charge in [0.1, 0.15) is 0 Å². The number of nitrogens with zero attached hydrogens (tertiary/aromatic N) is 1. The quantitative estimate of drug-likeness (QED) is 0.486. The van der Waals surface area contributed by atoms with E-state index >= 15 is 0 Å². The predicted molar refractivity (Wildman–Crippen MR) is 45.4 cm³/mol. The zero-order chi connectivity index (χ0) is 7.23. The van der Waals surface area contributed by atoms with E-state index < -0.39 is 0 Å². The van der Waals surface area contributed by atoms with Crippen LogP contribution in [0.1, 0.15) is 6.42 Å². The van der Waals surface area contributed by atoms with Crippen LogP contribution in [0.25, 0.3) is 0 Å². The molecule has 0 fully saturated rings. The molecule has 0 radical (unpaired) electrons. The van der Waals surface area contributed by atoms with Gasteiger partial charge in [0.15, 0.2) is 0 Å². The number of hydrogen-bond donors (Lipinski definition) is 0. The van der Waals surface area contributed by atoms with Crippen molar-refractivity contribution in [1.82, 2.24) is 0 Å². The molecule has 0 saturated heterocycles. The Labute approximate surface area is 61.5 Å². The third-order valence-electron chi connectivity index (χ3n) is 1.35. The highest BCUT2D eigenvalue weighted by molar-refractivity contribution is 5.73. The van der Waals surface area contributed by atoms with Gasteiger partial charge < -0.3 is 0 Å². The third-order valence-corrected chi connectivity index (χ3v) is 1.35. The van der Waals surface area contributed by atoms with Crippen molar-refractivity contribution in [3.05, 3.63) is 36.0 Å². The van der Waals surface area contributed by atoms with E-state index in [4.69, 9.17) is 0 Å². The van der Waals surface area contributed by atoms with Crippen LogP contribution >= 0.6 is 0 Å². The van der Waals surface area contributed by atoms with Gasteiger partial charge in [0.05, 0.1) is 0 Å². The van der Waals surface area contributed by atoms with E-state index in [1.807, 2.05) is 18.4 Å². The molecule has 1 rings (SSSR count). The molecule has 0 amide bonds. The first-order valence-electron chi connectivity index (χ1n) is 3.38. The van der Waals surface area contributed by atoms with Crippen LogP contribution in [0.4, 0.5) is 0 Å². The van der Waals surface area contributed by atoms with Crippen LogP contribution in [-0.2, 0) is 0 Å². The predicted octanol–water partition coefficient (Wildman–Crippen LogP) is 2.13. The van der Waals surface area contributed by atoms with Crippen LogP contribution in [0.3, 0.4) is 0 Å². The minimum Gasteiger partial charge on any atom is -0.297 e. The summed E-state index contributed by atoms with van der Waals surface area (Å²) in [6, 6.07) is 0. The van der Waals surface area contributed by atoms with Crippen LogP contribution in [-0.4, -0.2) is 13.3 Å². The van der Waals surface area contributed by atoms with Crippen molar-refractivity contribution < 1.29 is 0 Å². The van der Waals surface area contributed by atoms with Crippen LogP contribution in [0.5, 0.6) is 0 Å². The lowest BCUT2D eigenvalue weighted by Crippen LogP contribution is -1.80. The first-order valence-corrected chi connectivity index (χ1v) is 3.38. The highest BCUT2D eigenvalue weighted by Gasteiger charge is 1.89. The summed E-state index contributed by atoms with van der Waals surface area (Å²) in [4.78, 5) is 3.87. The van der Waals surface area contributed by atoms with E-state index in [1.54, 1.807) is 7.05 Å². The topological polar surface area (TPSA) is 12.4 Å². The summed E-state index contributed by atoms with van der Waals surface area (Å²) in [5.41, 5.74) is 1.31. The molecule has 0 saturated carbocycles. The molecule has 0 aromatic heterocycles. The maximum Gasteiger partial charge on any atom is 0.0277 e. The second-order valence-electron chi connectivity index (χ2n) is 2.14. The van der Waals surface area contributed by atoms with Gasteiger partial charge in [0.2, 0.25) is 0 Å². The molecule has 1 heteroatoms. The van der Waals surface area contributed by atoms with Crippen molar-refractivity contribution in [2.75, 3.05) is 7.05 Å². The van der Waals surface area contributed by atoms with E-state index in [2.05, 4.69) is 23.2 Å². The molecule has 1 aliphatic rings. The van der Waals surface area contributed by atoms with Gasteiger partial charge in [-0.1, -0.05) is 24.3 Å². The van der Waals surface area contributed by atoms with E-state index in [-0.39, 0.29) is 0 Å². The van der Waals surface area contributed by atoms with E-state index in [9.17, 15) is 0 Å². The normalized spacial score (nSPS) is 21.1. The summed E-state index contributed by atoms with van der Waals surface area (Å²) in [6.45, 7) is 0. The van der Waals surface area contributed by atoms with E-state index in [0.717, 1.165) is 6.42 Å². The van der Waals surface area contributed by atoms with Crippen molar-refractivity contribution in [1.29, 1.82) is 0 Å². The van der Waals surface area contributed by atoms with Crippen molar-refractivity contribution in [2.24, 2.45) is 4.99 Å². The van der Waals surface area contributed by atoms with Crippen LogP contribution in [0, 0.1) is 0 Å². The van der Waals surface area contributed by atoms with Gasteiger partial charge in [-0.05, 0) is 18.1 Å². The van der Waals surface area contributed by atoms with Gasteiger partial charge in [-0.15, -0.1) is 0 Å². The summed E-state index contributed by atoms with van der Waals surface area (Å²) in [5.74, 6) is 0. The van der Waals surface area contributed by atoms with Gasteiger partial charge in [0.25, 0.3) is 0 Å². The maximum atomic E-state index is 3.87. The fraction of sp³-hybridized carbons (Fsp3) is 0.222. The molecule has 52 valence electrons. The molecule has 0 aromatic carbocycles. The molecule has 1 nitrogen and oxygen atoms in total. The van der Waals surface area contributed by atoms with Crippen molar-refractivity contribution in [3.63, 3.8) is 0 Å². The molecular weight excluding hydrogens is 122 g/mol. The van der Waals surface area contributed by atoms with Gasteiger partial charge in [-0.25, -0.2) is 0 Å². The molecule has 0 N–H and O–H groups in total. The maximum absolute atomic E-state index is 3.87. The van der Waals surface area contributed by atoms with Crippen molar-refractivity contribution in [3.8, 4) is 0 Å². The van der Waals surface area contributed by atoms with Crippen LogP contribution < -0.4 is 0 Å². The first kappa shape index (κ1) is 7.00. The largest absolute Gasteiger partial charge is 0.297 e. The van der Waals surface area contributed by atoms with E-state index in [1.165, 1.54) is 5.57 Å². The fourth-order valence-electron chi connectivity index (χ4n) is 0.824. The van der Waals surface area contributed by atoms with Gasteiger partial charge in [-0.3, -0.25) is 4.99 Å². The van der Waals surface area contributed by atoms with Gasteiger partial charge >= 0.3 is 0 Å². The minimum absolute atomic E-state index is 1.03. The molecule has 0 atom stereocenters. The average Bonchev–Trinajstić information content (AvgIpc) is 2.03. The lowest BCUT2D eigenvalue weighted by Gasteiger charge is -1.97. The number of aliphatic imine (C=N–C) groups is 1. The highest BCUT2D eigenvalue weighted by atomic mass is 14.6. The Morgan fingerprint density at radius 2 is 2.40 bits per heavy atom. The zero-order valence-corrected chi connectivity index (χ0v) is 6.12. The summed E-state index contributed by atoms with van der Waals surface area (Å²) in [7, 11) is 1.78. The van der Waals surface area contributed by atoms with Crippen molar-refractivity contribution in [2.45, 2.75) is 6.42 Å². The Bertz CT molecular complexity index is 207. The lowest BCUT2D eigenvalue weighted by molar-refractivity contribution is 1.27. The monoisotopic (exact) mass is 133 g/mol. The molecule has 1 aliphatic carbocycles. The Balaban J connectivity index is 2.58. The summed E-state index contributed by atoms with van der Waals surface area (Å²) >= 11 is 0. The molecule has 0 unspecified atom stereocenters. The summed E-state index contributed by atoms with van der Waals surface area (Å²) in [6.07, 6.45) is 13.2. The fourth-order valence-corrected chi connectivity index (χ4v) is 0.824. The molecule has 10 heavy (non-hydrogen) atoms. The zero-order valence-electron chi connectivity index (χ0n) is 6.12. The second-order valence-corrected chi connectivity index (χ2v) is 2.14. The molecule has 0 heterocycles. The van der Waals surface area contributed by atoms with Gasteiger partial charge in [-0.2, -0.15) is 0 Å².